The van der Waals surface area contributed by atoms with Gasteiger partial charge in [-0.25, -0.2) is 4.98 Å². The molecule has 0 bridgehead atoms. The number of aromatic nitrogens is 3. The summed E-state index contributed by atoms with van der Waals surface area (Å²) in [4.78, 5) is 25.2. The van der Waals surface area contributed by atoms with Crippen molar-refractivity contribution in [2.75, 3.05) is 6.54 Å². The van der Waals surface area contributed by atoms with E-state index in [2.05, 4.69) is 20.5 Å². The van der Waals surface area contributed by atoms with Crippen LogP contribution in [0.3, 0.4) is 0 Å². The molecule has 0 aliphatic rings. The van der Waals surface area contributed by atoms with Gasteiger partial charge in [0.1, 0.15) is 6.33 Å². The highest BCUT2D eigenvalue weighted by atomic mass is 16.4. The Morgan fingerprint density at radius 2 is 2.43 bits per heavy atom. The van der Waals surface area contributed by atoms with Crippen LogP contribution in [-0.2, 0) is 4.79 Å². The van der Waals surface area contributed by atoms with E-state index >= 15 is 0 Å². The van der Waals surface area contributed by atoms with Crippen LogP contribution in [0.2, 0.25) is 0 Å². The number of hydrogen-bond acceptors (Lipinski definition) is 4. The molecule has 1 atom stereocenters. The molecule has 1 rings (SSSR count). The summed E-state index contributed by atoms with van der Waals surface area (Å²) in [5.41, 5.74) is 0. The Hall–Kier alpha value is -1.92. The molecule has 1 amide bonds. The van der Waals surface area contributed by atoms with Gasteiger partial charge >= 0.3 is 5.97 Å². The number of carbonyl (C=O) groups excluding carboxylic acids is 1. The Balaban J connectivity index is 2.40. The first kappa shape index (κ1) is 10.2. The van der Waals surface area contributed by atoms with Gasteiger partial charge in [-0.05, 0) is 0 Å². The molecule has 14 heavy (non-hydrogen) atoms. The summed E-state index contributed by atoms with van der Waals surface area (Å²) in [5.74, 6) is -1.97. The maximum absolute atomic E-state index is 11.2. The molecule has 0 spiro atoms. The molecule has 1 heterocycles. The number of H-pyrrole nitrogens is 1. The normalized spacial score (nSPS) is 12.1. The van der Waals surface area contributed by atoms with E-state index in [0.29, 0.717) is 0 Å². The van der Waals surface area contributed by atoms with E-state index in [1.807, 2.05) is 0 Å². The van der Waals surface area contributed by atoms with Gasteiger partial charge < -0.3 is 10.4 Å². The highest BCUT2D eigenvalue weighted by molar-refractivity contribution is 5.90. The fourth-order valence-electron chi connectivity index (χ4n) is 0.732. The minimum Gasteiger partial charge on any atom is -0.481 e. The summed E-state index contributed by atoms with van der Waals surface area (Å²) in [7, 11) is 0. The van der Waals surface area contributed by atoms with Crippen molar-refractivity contribution in [2.45, 2.75) is 6.92 Å². The van der Waals surface area contributed by atoms with Crippen LogP contribution in [-0.4, -0.2) is 38.7 Å². The van der Waals surface area contributed by atoms with Crippen molar-refractivity contribution in [3.05, 3.63) is 12.2 Å². The van der Waals surface area contributed by atoms with Crippen molar-refractivity contribution in [1.82, 2.24) is 20.5 Å². The monoisotopic (exact) mass is 198 g/mol. The van der Waals surface area contributed by atoms with E-state index in [9.17, 15) is 9.59 Å². The SMILES string of the molecule is CC(CNC(=O)c1ncn[nH]1)C(=O)O. The molecule has 7 nitrogen and oxygen atoms in total. The number of aliphatic carboxylic acids is 1. The summed E-state index contributed by atoms with van der Waals surface area (Å²) in [6, 6.07) is 0. The predicted octanol–water partition coefficient (Wildman–Crippen LogP) is -0.745. The van der Waals surface area contributed by atoms with Gasteiger partial charge in [0, 0.05) is 6.54 Å². The first-order chi connectivity index (χ1) is 6.61. The van der Waals surface area contributed by atoms with E-state index in [-0.39, 0.29) is 12.4 Å². The smallest absolute Gasteiger partial charge is 0.308 e. The van der Waals surface area contributed by atoms with Crippen LogP contribution < -0.4 is 5.32 Å². The van der Waals surface area contributed by atoms with E-state index in [0.717, 1.165) is 0 Å². The molecular formula is C7H10N4O3. The lowest BCUT2D eigenvalue weighted by Gasteiger charge is -2.06. The third-order valence-corrected chi connectivity index (χ3v) is 1.62. The Morgan fingerprint density at radius 3 is 2.93 bits per heavy atom. The van der Waals surface area contributed by atoms with Crippen LogP contribution in [0, 0.1) is 5.92 Å². The molecule has 0 aromatic carbocycles. The zero-order valence-corrected chi connectivity index (χ0v) is 7.52. The lowest BCUT2D eigenvalue weighted by molar-refractivity contribution is -0.140. The van der Waals surface area contributed by atoms with Gasteiger partial charge in [0.25, 0.3) is 5.91 Å². The molecule has 1 aromatic heterocycles. The summed E-state index contributed by atoms with van der Waals surface area (Å²) < 4.78 is 0. The Labute approximate surface area is 79.5 Å². The molecule has 0 saturated carbocycles. The molecule has 0 radical (unpaired) electrons. The molecule has 1 aromatic rings. The van der Waals surface area contributed by atoms with Crippen molar-refractivity contribution in [1.29, 1.82) is 0 Å². The molecule has 0 fully saturated rings. The highest BCUT2D eigenvalue weighted by Gasteiger charge is 2.14. The number of nitrogens with one attached hydrogen (secondary N) is 2. The van der Waals surface area contributed by atoms with Crippen molar-refractivity contribution >= 4 is 11.9 Å². The van der Waals surface area contributed by atoms with Crippen LogP contribution >= 0.6 is 0 Å². The van der Waals surface area contributed by atoms with Crippen LogP contribution in [0.4, 0.5) is 0 Å². The second-order valence-electron chi connectivity index (χ2n) is 2.78. The van der Waals surface area contributed by atoms with Gasteiger partial charge in [-0.2, -0.15) is 5.10 Å². The number of aromatic amines is 1. The molecule has 0 saturated heterocycles. The van der Waals surface area contributed by atoms with Crippen molar-refractivity contribution < 1.29 is 14.7 Å². The summed E-state index contributed by atoms with van der Waals surface area (Å²) in [5, 5.41) is 16.8. The first-order valence-electron chi connectivity index (χ1n) is 3.97. The standard InChI is InChI=1S/C7H10N4O3/c1-4(7(13)14)2-8-6(12)5-9-3-10-11-5/h3-4H,2H2,1H3,(H,8,12)(H,13,14)(H,9,10,11). The average Bonchev–Trinajstić information content (AvgIpc) is 2.66. The topological polar surface area (TPSA) is 108 Å². The van der Waals surface area contributed by atoms with E-state index in [4.69, 9.17) is 5.11 Å². The van der Waals surface area contributed by atoms with Crippen LogP contribution in [0.25, 0.3) is 0 Å². The Bertz CT molecular complexity index is 322. The lowest BCUT2D eigenvalue weighted by Crippen LogP contribution is -2.32. The van der Waals surface area contributed by atoms with Gasteiger partial charge in [-0.3, -0.25) is 14.7 Å². The van der Waals surface area contributed by atoms with Crippen molar-refractivity contribution in [2.24, 2.45) is 5.92 Å². The van der Waals surface area contributed by atoms with Crippen molar-refractivity contribution in [3.8, 4) is 0 Å². The van der Waals surface area contributed by atoms with Crippen LogP contribution in [0.15, 0.2) is 6.33 Å². The minimum atomic E-state index is -0.956. The third kappa shape index (κ3) is 2.54. The van der Waals surface area contributed by atoms with Crippen LogP contribution in [0.5, 0.6) is 0 Å². The number of carbonyl (C=O) groups is 2. The molecule has 1 unspecified atom stereocenters. The molecule has 7 heteroatoms. The molecule has 0 aliphatic heterocycles. The highest BCUT2D eigenvalue weighted by Crippen LogP contribution is 1.92. The predicted molar refractivity (Wildman–Crippen MR) is 45.5 cm³/mol. The number of carboxylic acid groups (broad SMARTS) is 1. The Kier molecular flexibility index (Phi) is 3.16. The molecular weight excluding hydrogens is 188 g/mol. The fraction of sp³-hybridized carbons (Fsp3) is 0.429. The largest absolute Gasteiger partial charge is 0.481 e. The Morgan fingerprint density at radius 1 is 1.71 bits per heavy atom. The number of rotatable bonds is 4. The second-order valence-corrected chi connectivity index (χ2v) is 2.78. The average molecular weight is 198 g/mol. The number of hydrogen-bond donors (Lipinski definition) is 3. The van der Waals surface area contributed by atoms with Crippen LogP contribution in [0.1, 0.15) is 17.5 Å². The van der Waals surface area contributed by atoms with E-state index in [1.165, 1.54) is 13.3 Å². The van der Waals surface area contributed by atoms with Gasteiger partial charge in [0.2, 0.25) is 5.82 Å². The zero-order chi connectivity index (χ0) is 10.6. The van der Waals surface area contributed by atoms with Gasteiger partial charge in [0.15, 0.2) is 0 Å². The van der Waals surface area contributed by atoms with Crippen molar-refractivity contribution in [3.63, 3.8) is 0 Å². The number of nitrogens with zero attached hydrogens (tertiary/aromatic N) is 2. The minimum absolute atomic E-state index is 0.0644. The van der Waals surface area contributed by atoms with Gasteiger partial charge in [-0.15, -0.1) is 0 Å². The molecule has 3 N–H and O–H groups in total. The quantitative estimate of drug-likeness (QED) is 0.590. The third-order valence-electron chi connectivity index (χ3n) is 1.62. The van der Waals surface area contributed by atoms with E-state index < -0.39 is 17.8 Å². The first-order valence-corrected chi connectivity index (χ1v) is 3.97. The van der Waals surface area contributed by atoms with E-state index in [1.54, 1.807) is 0 Å². The maximum Gasteiger partial charge on any atom is 0.308 e. The maximum atomic E-state index is 11.2. The van der Waals surface area contributed by atoms with Gasteiger partial charge in [-0.1, -0.05) is 6.92 Å². The summed E-state index contributed by atoms with van der Waals surface area (Å²) in [6.07, 6.45) is 1.20. The zero-order valence-electron chi connectivity index (χ0n) is 7.52. The number of carboxylic acids is 1. The second kappa shape index (κ2) is 4.35. The molecule has 0 aliphatic carbocycles. The molecule has 76 valence electrons. The summed E-state index contributed by atoms with van der Waals surface area (Å²) in [6.45, 7) is 1.57. The lowest BCUT2D eigenvalue weighted by atomic mass is 10.2. The fourth-order valence-corrected chi connectivity index (χ4v) is 0.732. The number of amides is 1. The summed E-state index contributed by atoms with van der Waals surface area (Å²) >= 11 is 0. The van der Waals surface area contributed by atoms with Gasteiger partial charge in [0.05, 0.1) is 5.92 Å².